The summed E-state index contributed by atoms with van der Waals surface area (Å²) in [6.45, 7) is 3.98. The fraction of sp³-hybridized carbons (Fsp3) is 0.480. The molecule has 2 N–H and O–H groups in total. The first kappa shape index (κ1) is 21.3. The SMILES string of the molecule is NC(=O)c1sc2ccccc2c1CC1CCCCCN1Cc1ccnc(N2CCCC2)n1. The maximum absolute atomic E-state index is 12.2. The monoisotopic (exact) mass is 449 g/mol. The fourth-order valence-corrected chi connectivity index (χ4v) is 6.25. The normalized spacial score (nSPS) is 20.0. The van der Waals surface area contributed by atoms with Gasteiger partial charge in [0.15, 0.2) is 0 Å². The van der Waals surface area contributed by atoms with Crippen molar-refractivity contribution in [3.63, 3.8) is 0 Å². The molecule has 0 bridgehead atoms. The number of carbonyl (C=O) groups is 1. The number of benzene rings is 1. The Morgan fingerprint density at radius 3 is 2.72 bits per heavy atom. The minimum absolute atomic E-state index is 0.313. The smallest absolute Gasteiger partial charge is 0.259 e. The van der Waals surface area contributed by atoms with Crippen molar-refractivity contribution in [2.75, 3.05) is 24.5 Å². The van der Waals surface area contributed by atoms with Crippen molar-refractivity contribution in [3.05, 3.63) is 52.7 Å². The maximum atomic E-state index is 12.2. The molecule has 32 heavy (non-hydrogen) atoms. The van der Waals surface area contributed by atoms with Crippen LogP contribution >= 0.6 is 11.3 Å². The number of amides is 1. The topological polar surface area (TPSA) is 75.4 Å². The molecule has 2 fully saturated rings. The van der Waals surface area contributed by atoms with Gasteiger partial charge in [-0.25, -0.2) is 9.97 Å². The summed E-state index contributed by atoms with van der Waals surface area (Å²) in [5.74, 6) is 0.554. The molecule has 2 saturated heterocycles. The summed E-state index contributed by atoms with van der Waals surface area (Å²) < 4.78 is 1.14. The predicted octanol–water partition coefficient (Wildman–Crippen LogP) is 4.38. The van der Waals surface area contributed by atoms with E-state index in [4.69, 9.17) is 10.7 Å². The van der Waals surface area contributed by atoms with Gasteiger partial charge in [0.1, 0.15) is 0 Å². The number of likely N-dealkylation sites (tertiary alicyclic amines) is 1. The molecule has 1 atom stereocenters. The zero-order valence-corrected chi connectivity index (χ0v) is 19.3. The molecule has 1 amide bonds. The quantitative estimate of drug-likeness (QED) is 0.604. The molecule has 2 aromatic heterocycles. The van der Waals surface area contributed by atoms with Crippen LogP contribution in [0.4, 0.5) is 5.95 Å². The molecular formula is C25H31N5OS. The van der Waals surface area contributed by atoms with Crippen molar-refractivity contribution in [3.8, 4) is 0 Å². The molecule has 0 radical (unpaired) electrons. The largest absolute Gasteiger partial charge is 0.365 e. The Bertz CT molecular complexity index is 1090. The highest BCUT2D eigenvalue weighted by molar-refractivity contribution is 7.21. The minimum Gasteiger partial charge on any atom is -0.365 e. The Morgan fingerprint density at radius 1 is 1.06 bits per heavy atom. The van der Waals surface area contributed by atoms with Crippen molar-refractivity contribution in [2.45, 2.75) is 57.5 Å². The summed E-state index contributed by atoms with van der Waals surface area (Å²) in [7, 11) is 0. The number of primary amides is 1. The molecule has 1 aromatic carbocycles. The first-order chi connectivity index (χ1) is 15.7. The fourth-order valence-electron chi connectivity index (χ4n) is 5.16. The molecular weight excluding hydrogens is 418 g/mol. The first-order valence-electron chi connectivity index (χ1n) is 11.8. The van der Waals surface area contributed by atoms with Crippen LogP contribution in [0.15, 0.2) is 36.5 Å². The molecule has 3 aromatic rings. The van der Waals surface area contributed by atoms with E-state index in [2.05, 4.69) is 39.0 Å². The first-order valence-corrected chi connectivity index (χ1v) is 12.6. The molecule has 6 nitrogen and oxygen atoms in total. The third-order valence-corrected chi connectivity index (χ3v) is 8.04. The number of rotatable bonds is 6. The van der Waals surface area contributed by atoms with Gasteiger partial charge in [0.05, 0.1) is 10.6 Å². The molecule has 0 aliphatic carbocycles. The second-order valence-electron chi connectivity index (χ2n) is 8.99. The van der Waals surface area contributed by atoms with E-state index in [1.165, 1.54) is 48.8 Å². The number of fused-ring (bicyclic) bond motifs is 1. The van der Waals surface area contributed by atoms with E-state index in [0.717, 1.165) is 60.9 Å². The van der Waals surface area contributed by atoms with Gasteiger partial charge >= 0.3 is 0 Å². The number of nitrogens with zero attached hydrogens (tertiary/aromatic N) is 4. The van der Waals surface area contributed by atoms with Crippen LogP contribution in [-0.2, 0) is 13.0 Å². The van der Waals surface area contributed by atoms with Gasteiger partial charge in [-0.15, -0.1) is 11.3 Å². The van der Waals surface area contributed by atoms with Gasteiger partial charge in [-0.1, -0.05) is 31.0 Å². The van der Waals surface area contributed by atoms with E-state index in [9.17, 15) is 4.79 Å². The molecule has 2 aliphatic rings. The number of aromatic nitrogens is 2. The summed E-state index contributed by atoms with van der Waals surface area (Å²) in [6, 6.07) is 10.7. The minimum atomic E-state index is -0.313. The number of hydrogen-bond donors (Lipinski definition) is 1. The van der Waals surface area contributed by atoms with E-state index >= 15 is 0 Å². The van der Waals surface area contributed by atoms with Gasteiger partial charge in [0.2, 0.25) is 5.95 Å². The van der Waals surface area contributed by atoms with E-state index in [1.807, 2.05) is 12.3 Å². The Balaban J connectivity index is 1.41. The Hall–Kier alpha value is -2.51. The average Bonchev–Trinajstić information content (AvgIpc) is 3.41. The van der Waals surface area contributed by atoms with Gasteiger partial charge in [0.25, 0.3) is 5.91 Å². The average molecular weight is 450 g/mol. The maximum Gasteiger partial charge on any atom is 0.259 e. The van der Waals surface area contributed by atoms with Gasteiger partial charge in [0, 0.05) is 36.6 Å². The van der Waals surface area contributed by atoms with Crippen LogP contribution in [0.5, 0.6) is 0 Å². The van der Waals surface area contributed by atoms with Crippen LogP contribution in [0.1, 0.15) is 59.5 Å². The molecule has 0 spiro atoms. The zero-order valence-electron chi connectivity index (χ0n) is 18.5. The number of anilines is 1. The number of hydrogen-bond acceptors (Lipinski definition) is 6. The Morgan fingerprint density at radius 2 is 1.88 bits per heavy atom. The molecule has 5 rings (SSSR count). The summed E-state index contributed by atoms with van der Waals surface area (Å²) in [6.07, 6.45) is 10.0. The van der Waals surface area contributed by atoms with E-state index in [-0.39, 0.29) is 5.91 Å². The third-order valence-electron chi connectivity index (χ3n) is 6.82. The van der Waals surface area contributed by atoms with Crippen LogP contribution < -0.4 is 10.6 Å². The zero-order chi connectivity index (χ0) is 21.9. The van der Waals surface area contributed by atoms with Gasteiger partial charge in [-0.05, 0) is 61.7 Å². The molecule has 7 heteroatoms. The van der Waals surface area contributed by atoms with Crippen molar-refractivity contribution in [1.82, 2.24) is 14.9 Å². The molecule has 4 heterocycles. The summed E-state index contributed by atoms with van der Waals surface area (Å²) in [5.41, 5.74) is 7.99. The van der Waals surface area contributed by atoms with Crippen LogP contribution in [0.2, 0.25) is 0 Å². The highest BCUT2D eigenvalue weighted by atomic mass is 32.1. The highest BCUT2D eigenvalue weighted by Gasteiger charge is 2.26. The van der Waals surface area contributed by atoms with Crippen molar-refractivity contribution in [1.29, 1.82) is 0 Å². The predicted molar refractivity (Wildman–Crippen MR) is 130 cm³/mol. The number of thiophene rings is 1. The lowest BCUT2D eigenvalue weighted by molar-refractivity contribution is 0.100. The lowest BCUT2D eigenvalue weighted by Crippen LogP contribution is -2.36. The lowest BCUT2D eigenvalue weighted by atomic mass is 9.98. The van der Waals surface area contributed by atoms with E-state index in [0.29, 0.717) is 10.9 Å². The Labute approximate surface area is 193 Å². The second-order valence-corrected chi connectivity index (χ2v) is 10.0. The number of nitrogens with two attached hydrogens (primary N) is 1. The molecule has 1 unspecified atom stereocenters. The molecule has 0 saturated carbocycles. The standard InChI is InChI=1S/C25H31N5OS/c26-24(31)23-21(20-9-3-4-10-22(20)32-23)16-19-8-2-1-5-15-30(19)17-18-11-12-27-25(28-18)29-13-6-7-14-29/h3-4,9-12,19H,1-2,5-8,13-17H2,(H2,26,31). The highest BCUT2D eigenvalue weighted by Crippen LogP contribution is 2.34. The van der Waals surface area contributed by atoms with E-state index < -0.39 is 0 Å². The number of carbonyl (C=O) groups excluding carboxylic acids is 1. The Kier molecular flexibility index (Phi) is 6.37. The van der Waals surface area contributed by atoms with Crippen molar-refractivity contribution in [2.24, 2.45) is 5.73 Å². The molecule has 2 aliphatic heterocycles. The van der Waals surface area contributed by atoms with Crippen LogP contribution in [0.3, 0.4) is 0 Å². The van der Waals surface area contributed by atoms with Gasteiger partial charge in [-0.3, -0.25) is 9.69 Å². The van der Waals surface area contributed by atoms with Crippen LogP contribution in [0, 0.1) is 0 Å². The van der Waals surface area contributed by atoms with Crippen molar-refractivity contribution < 1.29 is 4.79 Å². The van der Waals surface area contributed by atoms with Gasteiger partial charge < -0.3 is 10.6 Å². The lowest BCUT2D eigenvalue weighted by Gasteiger charge is -2.30. The second kappa shape index (κ2) is 9.55. The summed E-state index contributed by atoms with van der Waals surface area (Å²) in [4.78, 5) is 27.2. The van der Waals surface area contributed by atoms with Crippen LogP contribution in [-0.4, -0.2) is 46.5 Å². The molecule has 168 valence electrons. The third kappa shape index (κ3) is 4.50. The van der Waals surface area contributed by atoms with Crippen LogP contribution in [0.25, 0.3) is 10.1 Å². The summed E-state index contributed by atoms with van der Waals surface area (Å²) >= 11 is 1.53. The summed E-state index contributed by atoms with van der Waals surface area (Å²) in [5, 5.41) is 1.17. The van der Waals surface area contributed by atoms with E-state index in [1.54, 1.807) is 0 Å². The van der Waals surface area contributed by atoms with Crippen molar-refractivity contribution >= 4 is 33.3 Å². The van der Waals surface area contributed by atoms with Gasteiger partial charge in [-0.2, -0.15) is 0 Å².